The number of aromatic nitrogens is 4. The van der Waals surface area contributed by atoms with Crippen molar-refractivity contribution in [1.29, 1.82) is 0 Å². The number of hydrogen-bond donors (Lipinski definition) is 2. The molecule has 3 aromatic heterocycles. The average molecular weight is 497 g/mol. The summed E-state index contributed by atoms with van der Waals surface area (Å²) in [5.74, 6) is 1.83. The number of halogens is 1. The minimum atomic E-state index is 0.347. The first kappa shape index (κ1) is 23.7. The number of rotatable bonds is 6. The first-order valence-electron chi connectivity index (χ1n) is 11.5. The molecule has 0 fully saturated rings. The van der Waals surface area contributed by atoms with Crippen LogP contribution in [0.3, 0.4) is 0 Å². The van der Waals surface area contributed by atoms with Gasteiger partial charge >= 0.3 is 0 Å². The second-order valence-electron chi connectivity index (χ2n) is 8.33. The van der Waals surface area contributed by atoms with Crippen LogP contribution < -0.4 is 15.8 Å². The van der Waals surface area contributed by atoms with E-state index in [0.717, 1.165) is 44.7 Å². The molecule has 2 aromatic carbocycles. The Balaban J connectivity index is 1.57. The molecule has 0 radical (unpaired) electrons. The van der Waals surface area contributed by atoms with Crippen LogP contribution in [-0.2, 0) is 6.54 Å². The van der Waals surface area contributed by atoms with E-state index in [1.165, 1.54) is 0 Å². The first-order valence-corrected chi connectivity index (χ1v) is 11.9. The highest BCUT2D eigenvalue weighted by Crippen LogP contribution is 2.39. The molecular formula is C28H25ClN6O. The van der Waals surface area contributed by atoms with E-state index in [4.69, 9.17) is 22.1 Å². The molecule has 0 unspecified atom stereocenters. The maximum atomic E-state index is 6.97. The molecule has 7 nitrogen and oxygen atoms in total. The molecule has 0 bridgehead atoms. The molecule has 0 spiro atoms. The zero-order valence-corrected chi connectivity index (χ0v) is 21.0. The SMILES string of the molecule is COc1nc(-c2cccc(-c3cccc(Nc4nc(C)nc5cccnc45)c3C)c2Cl)ccc1CN. The summed E-state index contributed by atoms with van der Waals surface area (Å²) in [6, 6.07) is 19.6. The molecule has 0 atom stereocenters. The third-order valence-electron chi connectivity index (χ3n) is 6.07. The number of benzene rings is 2. The van der Waals surface area contributed by atoms with Crippen molar-refractivity contribution in [2.24, 2.45) is 5.73 Å². The predicted molar refractivity (Wildman–Crippen MR) is 145 cm³/mol. The van der Waals surface area contributed by atoms with Gasteiger partial charge in [-0.15, -0.1) is 0 Å². The molecule has 5 aromatic rings. The van der Waals surface area contributed by atoms with E-state index in [2.05, 4.69) is 38.2 Å². The van der Waals surface area contributed by atoms with Crippen LogP contribution >= 0.6 is 11.6 Å². The molecule has 0 aliphatic heterocycles. The second-order valence-corrected chi connectivity index (χ2v) is 8.71. The Morgan fingerprint density at radius 2 is 1.67 bits per heavy atom. The van der Waals surface area contributed by atoms with E-state index in [-0.39, 0.29) is 0 Å². The number of ether oxygens (including phenoxy) is 1. The van der Waals surface area contributed by atoms with Crippen LogP contribution in [0.15, 0.2) is 66.9 Å². The van der Waals surface area contributed by atoms with Crippen LogP contribution in [0.4, 0.5) is 11.5 Å². The monoisotopic (exact) mass is 496 g/mol. The highest BCUT2D eigenvalue weighted by molar-refractivity contribution is 6.36. The smallest absolute Gasteiger partial charge is 0.218 e. The second kappa shape index (κ2) is 9.89. The molecule has 0 aliphatic carbocycles. The number of aryl methyl sites for hydroxylation is 1. The van der Waals surface area contributed by atoms with Gasteiger partial charge in [0.15, 0.2) is 5.82 Å². The van der Waals surface area contributed by atoms with Crippen molar-refractivity contribution < 1.29 is 4.74 Å². The van der Waals surface area contributed by atoms with Gasteiger partial charge in [0, 0.05) is 35.1 Å². The van der Waals surface area contributed by atoms with Gasteiger partial charge in [0.05, 0.1) is 23.3 Å². The number of anilines is 2. The van der Waals surface area contributed by atoms with E-state index >= 15 is 0 Å². The fourth-order valence-electron chi connectivity index (χ4n) is 4.25. The van der Waals surface area contributed by atoms with Gasteiger partial charge in [-0.25, -0.2) is 15.0 Å². The Kier molecular flexibility index (Phi) is 6.50. The lowest BCUT2D eigenvalue weighted by Gasteiger charge is -2.16. The molecule has 0 saturated heterocycles. The molecule has 3 heterocycles. The summed E-state index contributed by atoms with van der Waals surface area (Å²) < 4.78 is 5.43. The zero-order valence-electron chi connectivity index (χ0n) is 20.2. The molecule has 8 heteroatoms. The summed E-state index contributed by atoms with van der Waals surface area (Å²) in [5.41, 5.74) is 13.5. The Morgan fingerprint density at radius 3 is 2.47 bits per heavy atom. The highest BCUT2D eigenvalue weighted by atomic mass is 35.5. The van der Waals surface area contributed by atoms with Gasteiger partial charge in [0.1, 0.15) is 11.3 Å². The van der Waals surface area contributed by atoms with Crippen molar-refractivity contribution >= 4 is 34.1 Å². The van der Waals surface area contributed by atoms with Crippen molar-refractivity contribution in [3.63, 3.8) is 0 Å². The van der Waals surface area contributed by atoms with E-state index in [1.54, 1.807) is 13.3 Å². The van der Waals surface area contributed by atoms with Crippen molar-refractivity contribution in [2.45, 2.75) is 20.4 Å². The van der Waals surface area contributed by atoms with Crippen LogP contribution in [-0.4, -0.2) is 27.0 Å². The summed E-state index contributed by atoms with van der Waals surface area (Å²) in [6.07, 6.45) is 1.74. The van der Waals surface area contributed by atoms with Crippen LogP contribution in [0.25, 0.3) is 33.4 Å². The summed E-state index contributed by atoms with van der Waals surface area (Å²) >= 11 is 6.97. The fraction of sp³-hybridized carbons (Fsp3) is 0.143. The predicted octanol–water partition coefficient (Wildman–Crippen LogP) is 6.23. The molecule has 0 aliphatic rings. The number of methoxy groups -OCH3 is 1. The van der Waals surface area contributed by atoms with Crippen molar-refractivity contribution in [2.75, 3.05) is 12.4 Å². The van der Waals surface area contributed by atoms with E-state index in [1.807, 2.05) is 61.5 Å². The first-order chi connectivity index (χ1) is 17.5. The lowest BCUT2D eigenvalue weighted by molar-refractivity contribution is 0.393. The Morgan fingerprint density at radius 1 is 0.889 bits per heavy atom. The van der Waals surface area contributed by atoms with Gasteiger partial charge in [0.2, 0.25) is 5.88 Å². The third kappa shape index (κ3) is 4.34. The number of nitrogens with zero attached hydrogens (tertiary/aromatic N) is 4. The molecular weight excluding hydrogens is 472 g/mol. The highest BCUT2D eigenvalue weighted by Gasteiger charge is 2.16. The number of fused-ring (bicyclic) bond motifs is 1. The third-order valence-corrected chi connectivity index (χ3v) is 6.48. The van der Waals surface area contributed by atoms with Gasteiger partial charge in [-0.05, 0) is 49.2 Å². The minimum absolute atomic E-state index is 0.347. The number of hydrogen-bond acceptors (Lipinski definition) is 7. The van der Waals surface area contributed by atoms with Crippen molar-refractivity contribution in [1.82, 2.24) is 19.9 Å². The maximum absolute atomic E-state index is 6.97. The maximum Gasteiger partial charge on any atom is 0.218 e. The van der Waals surface area contributed by atoms with Gasteiger partial charge in [0.25, 0.3) is 0 Å². The van der Waals surface area contributed by atoms with Crippen LogP contribution in [0.5, 0.6) is 5.88 Å². The molecule has 0 amide bonds. The standard InChI is InChI=1S/C28H25ClN6O/c1-16-19(7-5-10-22(16)34-27-26-24(11-6-14-31-26)32-17(2)33-27)20-8-4-9-21(25(20)29)23-13-12-18(15-30)28(35-23)36-3/h4-14H,15,30H2,1-3H3,(H,32,33,34). The number of nitrogens with one attached hydrogen (secondary N) is 1. The summed E-state index contributed by atoms with van der Waals surface area (Å²) in [5, 5.41) is 4.07. The fourth-order valence-corrected chi connectivity index (χ4v) is 4.57. The van der Waals surface area contributed by atoms with Gasteiger partial charge in [-0.1, -0.05) is 48.0 Å². The summed E-state index contributed by atoms with van der Waals surface area (Å²) in [6.45, 7) is 4.27. The number of nitrogens with two attached hydrogens (primary N) is 1. The van der Waals surface area contributed by atoms with E-state index < -0.39 is 0 Å². The molecule has 0 saturated carbocycles. The normalized spacial score (nSPS) is 11.0. The van der Waals surface area contributed by atoms with Crippen LogP contribution in [0, 0.1) is 13.8 Å². The van der Waals surface area contributed by atoms with Crippen molar-refractivity contribution in [3.05, 3.63) is 88.8 Å². The summed E-state index contributed by atoms with van der Waals surface area (Å²) in [4.78, 5) is 18.2. The minimum Gasteiger partial charge on any atom is -0.481 e. The Labute approximate surface area is 214 Å². The molecule has 180 valence electrons. The lowest BCUT2D eigenvalue weighted by Crippen LogP contribution is -2.03. The largest absolute Gasteiger partial charge is 0.481 e. The summed E-state index contributed by atoms with van der Waals surface area (Å²) in [7, 11) is 1.59. The van der Waals surface area contributed by atoms with E-state index in [9.17, 15) is 0 Å². The van der Waals surface area contributed by atoms with Crippen molar-refractivity contribution in [3.8, 4) is 28.3 Å². The van der Waals surface area contributed by atoms with Gasteiger partial charge in [-0.3, -0.25) is 4.98 Å². The average Bonchev–Trinajstić information content (AvgIpc) is 2.89. The lowest BCUT2D eigenvalue weighted by atomic mass is 9.96. The number of pyridine rings is 2. The zero-order chi connectivity index (χ0) is 25.2. The van der Waals surface area contributed by atoms with E-state index in [0.29, 0.717) is 34.6 Å². The Hall–Kier alpha value is -4.07. The van der Waals surface area contributed by atoms with Gasteiger partial charge < -0.3 is 15.8 Å². The molecule has 36 heavy (non-hydrogen) atoms. The van der Waals surface area contributed by atoms with Gasteiger partial charge in [-0.2, -0.15) is 0 Å². The molecule has 5 rings (SSSR count). The molecule has 3 N–H and O–H groups in total. The topological polar surface area (TPSA) is 98.8 Å². The quantitative estimate of drug-likeness (QED) is 0.287. The van der Waals surface area contributed by atoms with Crippen LogP contribution in [0.2, 0.25) is 5.02 Å². The van der Waals surface area contributed by atoms with Crippen LogP contribution in [0.1, 0.15) is 17.0 Å². The Bertz CT molecular complexity index is 1590.